The Morgan fingerprint density at radius 1 is 1.26 bits per heavy atom. The fraction of sp³-hybridized carbons (Fsp3) is 0.633. The van der Waals surface area contributed by atoms with E-state index in [-0.39, 0.29) is 28.8 Å². The number of carbonyl (C=O) groups excluding carboxylic acids is 1. The Bertz CT molecular complexity index is 1040. The standard InChI is InChI=1S/C30H40BrNO3/c1-4-12-30(35)17-25-23-9-8-20-16-22(33)10-13-28(20,2)24(23)11-14-29(25,3)26(30)18-32-27(34)19-6-5-7-21(31)15-19/h4-8,15,22-26,33,35H,1,9-14,16-18H2,2-3H3,(H,32,34)/t22-,23+,24-,25-,26+,28-,29-,30-/m0/s1. The summed E-state index contributed by atoms with van der Waals surface area (Å²) in [6, 6.07) is 7.45. The second kappa shape index (κ2) is 9.15. The summed E-state index contributed by atoms with van der Waals surface area (Å²) in [4.78, 5) is 13.0. The van der Waals surface area contributed by atoms with Gasteiger partial charge in [-0.05, 0) is 98.1 Å². The second-order valence-corrected chi connectivity index (χ2v) is 13.2. The van der Waals surface area contributed by atoms with Gasteiger partial charge in [-0.25, -0.2) is 0 Å². The van der Waals surface area contributed by atoms with Crippen LogP contribution in [0.1, 0.15) is 75.6 Å². The van der Waals surface area contributed by atoms with Crippen LogP contribution in [0.15, 0.2) is 53.0 Å². The first-order valence-electron chi connectivity index (χ1n) is 13.4. The number of hydrogen-bond donors (Lipinski definition) is 3. The molecular weight excluding hydrogens is 502 g/mol. The van der Waals surface area contributed by atoms with E-state index >= 15 is 0 Å². The van der Waals surface area contributed by atoms with E-state index in [1.807, 2.05) is 30.3 Å². The van der Waals surface area contributed by atoms with Crippen molar-refractivity contribution in [2.24, 2.45) is 34.5 Å². The van der Waals surface area contributed by atoms with E-state index in [0.29, 0.717) is 36.3 Å². The molecule has 0 spiro atoms. The molecule has 1 amide bonds. The van der Waals surface area contributed by atoms with Crippen LogP contribution in [0.4, 0.5) is 0 Å². The highest BCUT2D eigenvalue weighted by atomic mass is 79.9. The molecule has 5 rings (SSSR count). The highest BCUT2D eigenvalue weighted by Crippen LogP contribution is 2.68. The van der Waals surface area contributed by atoms with Gasteiger partial charge in [0.1, 0.15) is 0 Å². The molecule has 4 aliphatic carbocycles. The Kier molecular flexibility index (Phi) is 6.59. The smallest absolute Gasteiger partial charge is 0.251 e. The molecule has 0 heterocycles. The molecule has 1 aromatic carbocycles. The number of benzene rings is 1. The fourth-order valence-corrected chi connectivity index (χ4v) is 9.17. The zero-order valence-corrected chi connectivity index (χ0v) is 22.7. The van der Waals surface area contributed by atoms with Crippen molar-refractivity contribution in [3.05, 3.63) is 58.6 Å². The van der Waals surface area contributed by atoms with Crippen molar-refractivity contribution < 1.29 is 15.0 Å². The first-order valence-corrected chi connectivity index (χ1v) is 14.1. The number of allylic oxidation sites excluding steroid dienone is 1. The van der Waals surface area contributed by atoms with E-state index < -0.39 is 5.60 Å². The molecule has 8 atom stereocenters. The molecule has 3 fully saturated rings. The summed E-state index contributed by atoms with van der Waals surface area (Å²) in [6.07, 6.45) is 11.5. The quantitative estimate of drug-likeness (QED) is 0.398. The molecule has 4 aliphatic rings. The number of carbonyl (C=O) groups is 1. The molecule has 35 heavy (non-hydrogen) atoms. The van der Waals surface area contributed by atoms with E-state index in [1.165, 1.54) is 5.57 Å². The van der Waals surface area contributed by atoms with Gasteiger partial charge in [-0.1, -0.05) is 53.6 Å². The molecular formula is C30H40BrNO3. The lowest BCUT2D eigenvalue weighted by atomic mass is 9.47. The van der Waals surface area contributed by atoms with Crippen LogP contribution < -0.4 is 5.32 Å². The maximum absolute atomic E-state index is 13.0. The number of nitrogens with one attached hydrogen (secondary N) is 1. The Morgan fingerprint density at radius 2 is 2.06 bits per heavy atom. The molecule has 0 bridgehead atoms. The molecule has 4 nitrogen and oxygen atoms in total. The van der Waals surface area contributed by atoms with Crippen LogP contribution in [0.5, 0.6) is 0 Å². The van der Waals surface area contributed by atoms with E-state index in [9.17, 15) is 15.0 Å². The molecule has 3 N–H and O–H groups in total. The van der Waals surface area contributed by atoms with Gasteiger partial charge in [-0.15, -0.1) is 6.58 Å². The molecule has 0 saturated heterocycles. The Morgan fingerprint density at radius 3 is 2.80 bits per heavy atom. The number of aliphatic hydroxyl groups excluding tert-OH is 1. The Balaban J connectivity index is 1.41. The lowest BCUT2D eigenvalue weighted by Gasteiger charge is -2.58. The molecule has 0 aliphatic heterocycles. The minimum atomic E-state index is -0.853. The van der Waals surface area contributed by atoms with Crippen LogP contribution in [0.25, 0.3) is 0 Å². The van der Waals surface area contributed by atoms with Gasteiger partial charge >= 0.3 is 0 Å². The fourth-order valence-electron chi connectivity index (χ4n) is 8.77. The number of aliphatic hydroxyl groups is 2. The van der Waals surface area contributed by atoms with Crippen molar-refractivity contribution in [3.8, 4) is 0 Å². The maximum Gasteiger partial charge on any atom is 0.251 e. The van der Waals surface area contributed by atoms with Crippen molar-refractivity contribution in [2.45, 2.75) is 76.9 Å². The van der Waals surface area contributed by atoms with E-state index in [1.54, 1.807) is 0 Å². The third kappa shape index (κ3) is 4.16. The lowest BCUT2D eigenvalue weighted by molar-refractivity contribution is -0.0588. The highest BCUT2D eigenvalue weighted by Gasteiger charge is 2.64. The summed E-state index contributed by atoms with van der Waals surface area (Å²) in [6.45, 7) is 9.25. The minimum Gasteiger partial charge on any atom is -0.393 e. The number of halogens is 1. The number of amides is 1. The third-order valence-corrected chi connectivity index (χ3v) is 11.1. The van der Waals surface area contributed by atoms with Gasteiger partial charge in [0.2, 0.25) is 0 Å². The maximum atomic E-state index is 13.0. The zero-order chi connectivity index (χ0) is 25.0. The summed E-state index contributed by atoms with van der Waals surface area (Å²) in [5.74, 6) is 1.46. The molecule has 0 aromatic heterocycles. The van der Waals surface area contributed by atoms with Crippen molar-refractivity contribution in [3.63, 3.8) is 0 Å². The van der Waals surface area contributed by atoms with Crippen LogP contribution in [0.3, 0.4) is 0 Å². The zero-order valence-electron chi connectivity index (χ0n) is 21.1. The first-order chi connectivity index (χ1) is 16.6. The summed E-state index contributed by atoms with van der Waals surface area (Å²) in [5.41, 5.74) is 1.39. The number of hydrogen-bond acceptors (Lipinski definition) is 3. The highest BCUT2D eigenvalue weighted by molar-refractivity contribution is 9.10. The average molecular weight is 543 g/mol. The van der Waals surface area contributed by atoms with E-state index in [2.05, 4.69) is 47.7 Å². The van der Waals surface area contributed by atoms with Gasteiger partial charge in [0.25, 0.3) is 5.91 Å². The first kappa shape index (κ1) is 25.2. The molecule has 190 valence electrons. The topological polar surface area (TPSA) is 69.6 Å². The minimum absolute atomic E-state index is 0.0126. The summed E-state index contributed by atoms with van der Waals surface area (Å²) < 4.78 is 0.882. The lowest BCUT2D eigenvalue weighted by Crippen LogP contribution is -2.52. The van der Waals surface area contributed by atoms with E-state index in [4.69, 9.17) is 0 Å². The monoisotopic (exact) mass is 541 g/mol. The van der Waals surface area contributed by atoms with Crippen LogP contribution in [0, 0.1) is 34.5 Å². The molecule has 0 radical (unpaired) electrons. The van der Waals surface area contributed by atoms with Gasteiger partial charge in [0.15, 0.2) is 0 Å². The number of rotatable bonds is 5. The molecule has 1 aromatic rings. The molecule has 5 heteroatoms. The van der Waals surface area contributed by atoms with Gasteiger partial charge in [-0.2, -0.15) is 0 Å². The second-order valence-electron chi connectivity index (χ2n) is 12.3. The summed E-state index contributed by atoms with van der Waals surface area (Å²) in [5, 5.41) is 25.5. The summed E-state index contributed by atoms with van der Waals surface area (Å²) >= 11 is 3.46. The van der Waals surface area contributed by atoms with Gasteiger partial charge < -0.3 is 15.5 Å². The van der Waals surface area contributed by atoms with Gasteiger partial charge in [0, 0.05) is 22.5 Å². The van der Waals surface area contributed by atoms with Crippen LogP contribution >= 0.6 is 15.9 Å². The van der Waals surface area contributed by atoms with Crippen LogP contribution in [-0.2, 0) is 0 Å². The van der Waals surface area contributed by atoms with Crippen molar-refractivity contribution in [1.82, 2.24) is 5.32 Å². The largest absolute Gasteiger partial charge is 0.393 e. The normalized spacial score (nSPS) is 42.3. The van der Waals surface area contributed by atoms with Gasteiger partial charge in [-0.3, -0.25) is 4.79 Å². The Hall–Kier alpha value is -1.43. The molecule has 0 unspecified atom stereocenters. The number of fused-ring (bicyclic) bond motifs is 5. The average Bonchev–Trinajstić information content (AvgIpc) is 3.04. The SMILES string of the molecule is C=CC[C@]1(O)C[C@H]2[C@@H]3CC=C4C[C@@H](O)CC[C@]4(C)[C@H]3CC[C@]2(C)[C@H]1CNC(=O)c1cccc(Br)c1. The van der Waals surface area contributed by atoms with E-state index in [0.717, 1.165) is 49.4 Å². The van der Waals surface area contributed by atoms with Crippen molar-refractivity contribution in [1.29, 1.82) is 0 Å². The van der Waals surface area contributed by atoms with Gasteiger partial charge in [0.05, 0.1) is 11.7 Å². The summed E-state index contributed by atoms with van der Waals surface area (Å²) in [7, 11) is 0. The van der Waals surface area contributed by atoms with Crippen molar-refractivity contribution >= 4 is 21.8 Å². The van der Waals surface area contributed by atoms with Crippen LogP contribution in [0.2, 0.25) is 0 Å². The predicted molar refractivity (Wildman–Crippen MR) is 143 cm³/mol. The molecule has 3 saturated carbocycles. The predicted octanol–water partition coefficient (Wildman–Crippen LogP) is 6.04. The van der Waals surface area contributed by atoms with Crippen LogP contribution in [-0.4, -0.2) is 34.4 Å². The third-order valence-electron chi connectivity index (χ3n) is 10.6. The Labute approximate surface area is 218 Å². The van der Waals surface area contributed by atoms with Crippen molar-refractivity contribution in [2.75, 3.05) is 6.54 Å².